The van der Waals surface area contributed by atoms with Crippen LogP contribution in [0, 0.1) is 23.6 Å². The number of carbonyl (C=O) groups excluding carboxylic acids is 1. The molecule has 0 spiro atoms. The number of allylic oxidation sites excluding steroid dienone is 9. The van der Waals surface area contributed by atoms with E-state index in [4.69, 9.17) is 27.9 Å². The summed E-state index contributed by atoms with van der Waals surface area (Å²) in [5.41, 5.74) is 0.939. The van der Waals surface area contributed by atoms with Gasteiger partial charge in [-0.05, 0) is 90.6 Å². The fourth-order valence-corrected chi connectivity index (χ4v) is 7.68. The van der Waals surface area contributed by atoms with E-state index in [1.54, 1.807) is 36.1 Å². The first-order chi connectivity index (χ1) is 28.1. The first-order valence-electron chi connectivity index (χ1n) is 20.4. The summed E-state index contributed by atoms with van der Waals surface area (Å²) in [5.74, 6) is -0.843. The van der Waals surface area contributed by atoms with Crippen molar-refractivity contribution in [1.82, 2.24) is 9.21 Å². The summed E-state index contributed by atoms with van der Waals surface area (Å²) in [6, 6.07) is 5.53. The SMILES string of the molecule is CC.CC.CC.CC\C(O)=C(Cl)/C=C(Cl)\C=C\S(=O)(=O)N(CC1=CC(CN(CC(C)C)C(=O)C2=C[NH+](O)CC=C2)CC(Oc2ccc(F)cc2)=C1)CC1C=CC(F)=CC1. The van der Waals surface area contributed by atoms with Crippen LogP contribution in [0.5, 0.6) is 5.75 Å². The van der Waals surface area contributed by atoms with Crippen LogP contribution in [-0.2, 0) is 14.8 Å². The van der Waals surface area contributed by atoms with Crippen molar-refractivity contribution in [2.24, 2.45) is 17.8 Å². The number of hydrogen-bond acceptors (Lipinski definition) is 6. The van der Waals surface area contributed by atoms with Crippen molar-refractivity contribution in [3.05, 3.63) is 135 Å². The van der Waals surface area contributed by atoms with Gasteiger partial charge in [-0.15, -0.1) is 0 Å². The highest BCUT2D eigenvalue weighted by atomic mass is 35.5. The Morgan fingerprint density at radius 1 is 1.03 bits per heavy atom. The number of amides is 1. The second-order valence-electron chi connectivity index (χ2n) is 13.4. The number of carbonyl (C=O) groups is 1. The predicted octanol–water partition coefficient (Wildman–Crippen LogP) is 10.4. The van der Waals surface area contributed by atoms with Crippen LogP contribution in [0.4, 0.5) is 8.78 Å². The quantitative estimate of drug-likeness (QED) is 0.113. The van der Waals surface area contributed by atoms with Crippen LogP contribution >= 0.6 is 23.2 Å². The standard InChI is InChI=1S/C39H45Cl2F2N3O6S.3C2H6/c1-4-38(47)37(41)21-32(40)15-17-53(50,51)46(24-28-7-9-33(42)10-8-28)25-30-18-29(19-36(20-30)52-35-13-11-34(43)12-14-35)23-44(22-27(2)3)39(48)31-6-5-16-45(49)26-31;3*1-2/h5-7,9-15,17-18,20-21,26-29,47,49H,4,8,16,19,22-25H2,1-3H3;3*1-2H3/p+1/b17-15+,32-21+,38-37-;;;. The van der Waals surface area contributed by atoms with Crippen LogP contribution in [0.2, 0.25) is 0 Å². The molecule has 2 aliphatic carbocycles. The van der Waals surface area contributed by atoms with E-state index in [0.717, 1.165) is 5.41 Å². The zero-order valence-electron chi connectivity index (χ0n) is 35.9. The fourth-order valence-electron chi connectivity index (χ4n) is 5.90. The van der Waals surface area contributed by atoms with Crippen LogP contribution in [0.1, 0.15) is 81.6 Å². The van der Waals surface area contributed by atoms with Gasteiger partial charge in [0.25, 0.3) is 5.91 Å². The first kappa shape index (κ1) is 53.2. The Morgan fingerprint density at radius 3 is 2.27 bits per heavy atom. The summed E-state index contributed by atoms with van der Waals surface area (Å²) >= 11 is 12.3. The molecule has 3 unspecified atom stereocenters. The fraction of sp³-hybridized carbons (Fsp3) is 0.444. The lowest BCUT2D eigenvalue weighted by Gasteiger charge is -2.32. The number of rotatable bonds is 16. The Balaban J connectivity index is 0.00000277. The molecule has 0 fully saturated rings. The second kappa shape index (κ2) is 27.9. The number of aliphatic hydroxyl groups is 1. The van der Waals surface area contributed by atoms with Gasteiger partial charge >= 0.3 is 0 Å². The molecule has 1 amide bonds. The van der Waals surface area contributed by atoms with E-state index in [-0.39, 0.29) is 77.0 Å². The number of benzene rings is 1. The Hall–Kier alpha value is -3.78. The van der Waals surface area contributed by atoms with Gasteiger partial charge in [-0.2, -0.15) is 9.37 Å². The van der Waals surface area contributed by atoms with Crippen molar-refractivity contribution in [3.63, 3.8) is 0 Å². The maximum Gasteiger partial charge on any atom is 0.259 e. The van der Waals surface area contributed by atoms with Crippen molar-refractivity contribution >= 4 is 39.1 Å². The van der Waals surface area contributed by atoms with Gasteiger partial charge in [0.2, 0.25) is 10.0 Å². The van der Waals surface area contributed by atoms with Gasteiger partial charge in [-0.1, -0.05) is 97.7 Å². The Morgan fingerprint density at radius 2 is 1.69 bits per heavy atom. The lowest BCUT2D eigenvalue weighted by atomic mass is 9.93. The Labute approximate surface area is 361 Å². The summed E-state index contributed by atoms with van der Waals surface area (Å²) < 4.78 is 62.9. The van der Waals surface area contributed by atoms with Crippen molar-refractivity contribution < 1.29 is 42.1 Å². The number of hydroxylamine groups is 2. The van der Waals surface area contributed by atoms with E-state index < -0.39 is 21.7 Å². The maximum atomic E-state index is 13.9. The van der Waals surface area contributed by atoms with Crippen molar-refractivity contribution in [1.29, 1.82) is 0 Å². The molecule has 14 heteroatoms. The smallest absolute Gasteiger partial charge is 0.259 e. The third-order valence-electron chi connectivity index (χ3n) is 8.42. The van der Waals surface area contributed by atoms with Crippen molar-refractivity contribution in [2.45, 2.75) is 81.6 Å². The summed E-state index contributed by atoms with van der Waals surface area (Å²) in [5, 5.41) is 21.0. The summed E-state index contributed by atoms with van der Waals surface area (Å²) in [4.78, 5) is 15.5. The van der Waals surface area contributed by atoms with Gasteiger partial charge in [0.15, 0.2) is 0 Å². The molecule has 1 aromatic carbocycles. The molecule has 3 aliphatic rings. The molecule has 0 aromatic heterocycles. The monoisotopic (exact) mass is 882 g/mol. The highest BCUT2D eigenvalue weighted by Gasteiger charge is 2.29. The molecule has 59 heavy (non-hydrogen) atoms. The molecule has 4 rings (SSSR count). The van der Waals surface area contributed by atoms with E-state index >= 15 is 0 Å². The Kier molecular flexibility index (Phi) is 25.2. The minimum absolute atomic E-state index is 0.00795. The van der Waals surface area contributed by atoms with Crippen molar-refractivity contribution in [3.8, 4) is 5.75 Å². The molecule has 3 N–H and O–H groups in total. The molecule has 3 atom stereocenters. The number of nitrogens with one attached hydrogen (secondary N) is 1. The molecule has 328 valence electrons. The van der Waals surface area contributed by atoms with Gasteiger partial charge in [0, 0.05) is 55.4 Å². The molecule has 0 saturated heterocycles. The lowest BCUT2D eigenvalue weighted by molar-refractivity contribution is -1.04. The molecule has 1 heterocycles. The number of quaternary nitrogens is 1. The van der Waals surface area contributed by atoms with E-state index in [9.17, 15) is 32.3 Å². The minimum atomic E-state index is -4.16. The topological polar surface area (TPSA) is 112 Å². The van der Waals surface area contributed by atoms with Gasteiger partial charge < -0.3 is 14.7 Å². The number of nitrogens with zero attached hydrogens (tertiary/aromatic N) is 2. The van der Waals surface area contributed by atoms with E-state index in [1.165, 1.54) is 59.1 Å². The van der Waals surface area contributed by atoms with Gasteiger partial charge in [0.05, 0.1) is 10.6 Å². The van der Waals surface area contributed by atoms with Crippen LogP contribution in [-0.4, -0.2) is 66.6 Å². The maximum absolute atomic E-state index is 13.9. The van der Waals surface area contributed by atoms with Crippen LogP contribution in [0.25, 0.3) is 0 Å². The van der Waals surface area contributed by atoms with E-state index in [0.29, 0.717) is 42.2 Å². The number of ether oxygens (including phenoxy) is 1. The number of hydrogen-bond donors (Lipinski definition) is 3. The van der Waals surface area contributed by atoms with Gasteiger partial charge in [-0.3, -0.25) is 4.79 Å². The van der Waals surface area contributed by atoms with Crippen LogP contribution < -0.4 is 9.80 Å². The number of halogens is 4. The number of sulfonamides is 1. The number of aliphatic hydroxyl groups excluding tert-OH is 1. The molecule has 0 bridgehead atoms. The molecule has 9 nitrogen and oxygen atoms in total. The highest BCUT2D eigenvalue weighted by molar-refractivity contribution is 7.92. The van der Waals surface area contributed by atoms with Crippen LogP contribution in [0.3, 0.4) is 0 Å². The molecule has 1 aromatic rings. The zero-order chi connectivity index (χ0) is 44.7. The third kappa shape index (κ3) is 19.0. The average molecular weight is 884 g/mol. The summed E-state index contributed by atoms with van der Waals surface area (Å²) in [7, 11) is -4.16. The molecule has 0 radical (unpaired) electrons. The van der Waals surface area contributed by atoms with Crippen molar-refractivity contribution in [2.75, 3.05) is 32.7 Å². The highest BCUT2D eigenvalue weighted by Crippen LogP contribution is 2.30. The van der Waals surface area contributed by atoms with Crippen LogP contribution in [0.15, 0.2) is 129 Å². The zero-order valence-corrected chi connectivity index (χ0v) is 38.2. The van der Waals surface area contributed by atoms with E-state index in [2.05, 4.69) is 0 Å². The average Bonchev–Trinajstić information content (AvgIpc) is 3.22. The summed E-state index contributed by atoms with van der Waals surface area (Å²) in [6.45, 7) is 18.6. The molecular formula is C45H64Cl2F2N3O6S+. The first-order valence-corrected chi connectivity index (χ1v) is 22.6. The molecular weight excluding hydrogens is 819 g/mol. The van der Waals surface area contributed by atoms with Gasteiger partial charge in [0.1, 0.15) is 41.7 Å². The lowest BCUT2D eigenvalue weighted by Crippen LogP contribution is -3.05. The molecule has 1 aliphatic heterocycles. The third-order valence-corrected chi connectivity index (χ3v) is 10.5. The summed E-state index contributed by atoms with van der Waals surface area (Å²) in [6.07, 6.45) is 16.2. The Bertz CT molecular complexity index is 1880. The predicted molar refractivity (Wildman–Crippen MR) is 237 cm³/mol. The largest absolute Gasteiger partial charge is 0.511 e. The normalized spacial score (nSPS) is 19.5. The second-order valence-corrected chi connectivity index (χ2v) is 16.1. The minimum Gasteiger partial charge on any atom is -0.511 e. The van der Waals surface area contributed by atoms with Gasteiger partial charge in [-0.25, -0.2) is 22.4 Å². The molecule has 0 saturated carbocycles. The van der Waals surface area contributed by atoms with E-state index in [1.807, 2.05) is 61.5 Å².